The number of hydrogen-bond donors (Lipinski definition) is 3. The van der Waals surface area contributed by atoms with E-state index in [1.165, 1.54) is 16.2 Å². The van der Waals surface area contributed by atoms with Crippen molar-refractivity contribution in [3.8, 4) is 0 Å². The standard InChI is InChI=1S/C13H19NO4S/c1-3-5-10-8(4-2)6-11(19-10)12(16)14-9(7-15)13(17)18/h6,9,15H,3-5,7H2,1-2H3,(H,14,16)(H,17,18)/t9-/m1/s1. The van der Waals surface area contributed by atoms with Crippen LogP contribution in [0.25, 0.3) is 0 Å². The molecule has 0 saturated carbocycles. The highest BCUT2D eigenvalue weighted by molar-refractivity contribution is 7.14. The molecule has 1 heterocycles. The lowest BCUT2D eigenvalue weighted by Gasteiger charge is -2.10. The van der Waals surface area contributed by atoms with Crippen molar-refractivity contribution in [1.29, 1.82) is 0 Å². The number of aliphatic hydroxyl groups excluding tert-OH is 1. The van der Waals surface area contributed by atoms with Crippen LogP contribution in [0.5, 0.6) is 0 Å². The van der Waals surface area contributed by atoms with Gasteiger partial charge in [0.15, 0.2) is 6.04 Å². The van der Waals surface area contributed by atoms with E-state index in [0.717, 1.165) is 24.8 Å². The first-order valence-electron chi connectivity index (χ1n) is 6.29. The first kappa shape index (κ1) is 15.7. The molecule has 19 heavy (non-hydrogen) atoms. The quantitative estimate of drug-likeness (QED) is 0.707. The van der Waals surface area contributed by atoms with Crippen molar-refractivity contribution >= 4 is 23.2 Å². The number of hydrogen-bond acceptors (Lipinski definition) is 4. The predicted octanol–water partition coefficient (Wildman–Crippen LogP) is 1.44. The highest BCUT2D eigenvalue weighted by Gasteiger charge is 2.21. The summed E-state index contributed by atoms with van der Waals surface area (Å²) in [6.07, 6.45) is 2.77. The number of carboxylic acid groups (broad SMARTS) is 1. The summed E-state index contributed by atoms with van der Waals surface area (Å²) in [5, 5.41) is 20.0. The Morgan fingerprint density at radius 2 is 2.11 bits per heavy atom. The largest absolute Gasteiger partial charge is 0.480 e. The zero-order valence-electron chi connectivity index (χ0n) is 11.1. The minimum absolute atomic E-state index is 0.441. The van der Waals surface area contributed by atoms with Crippen LogP contribution in [0, 0.1) is 0 Å². The highest BCUT2D eigenvalue weighted by Crippen LogP contribution is 2.24. The maximum absolute atomic E-state index is 11.9. The summed E-state index contributed by atoms with van der Waals surface area (Å²) in [6, 6.07) is 0.552. The van der Waals surface area contributed by atoms with Gasteiger partial charge in [0.2, 0.25) is 0 Å². The van der Waals surface area contributed by atoms with Crippen molar-refractivity contribution in [2.75, 3.05) is 6.61 Å². The topological polar surface area (TPSA) is 86.6 Å². The van der Waals surface area contributed by atoms with E-state index in [1.807, 2.05) is 6.92 Å². The summed E-state index contributed by atoms with van der Waals surface area (Å²) in [5.41, 5.74) is 1.13. The van der Waals surface area contributed by atoms with Crippen LogP contribution in [-0.4, -0.2) is 34.7 Å². The van der Waals surface area contributed by atoms with Gasteiger partial charge in [0, 0.05) is 4.88 Å². The Kier molecular flexibility index (Phi) is 5.98. The minimum atomic E-state index is -1.26. The van der Waals surface area contributed by atoms with Gasteiger partial charge in [-0.3, -0.25) is 4.79 Å². The second kappa shape index (κ2) is 7.25. The lowest BCUT2D eigenvalue weighted by Crippen LogP contribution is -2.43. The maximum Gasteiger partial charge on any atom is 0.328 e. The highest BCUT2D eigenvalue weighted by atomic mass is 32.1. The Hall–Kier alpha value is -1.40. The van der Waals surface area contributed by atoms with Gasteiger partial charge in [-0.1, -0.05) is 20.3 Å². The van der Waals surface area contributed by atoms with Crippen LogP contribution in [0.2, 0.25) is 0 Å². The number of aliphatic carboxylic acids is 1. The molecule has 1 rings (SSSR count). The molecule has 0 aliphatic rings. The van der Waals surface area contributed by atoms with Gasteiger partial charge in [-0.15, -0.1) is 11.3 Å². The number of rotatable bonds is 7. The minimum Gasteiger partial charge on any atom is -0.480 e. The molecule has 0 aromatic carbocycles. The fourth-order valence-corrected chi connectivity index (χ4v) is 2.99. The molecular formula is C13H19NO4S. The summed E-state index contributed by atoms with van der Waals surface area (Å²) in [7, 11) is 0. The fourth-order valence-electron chi connectivity index (χ4n) is 1.73. The third kappa shape index (κ3) is 4.04. The van der Waals surface area contributed by atoms with E-state index in [1.54, 1.807) is 6.07 Å². The first-order valence-corrected chi connectivity index (χ1v) is 7.11. The lowest BCUT2D eigenvalue weighted by atomic mass is 10.1. The summed E-state index contributed by atoms with van der Waals surface area (Å²) in [5.74, 6) is -1.68. The Labute approximate surface area is 116 Å². The van der Waals surface area contributed by atoms with Crippen molar-refractivity contribution in [2.45, 2.75) is 39.2 Å². The monoisotopic (exact) mass is 285 g/mol. The van der Waals surface area contributed by atoms with Crippen LogP contribution in [0.1, 0.15) is 40.4 Å². The number of thiophene rings is 1. The van der Waals surface area contributed by atoms with Gasteiger partial charge >= 0.3 is 5.97 Å². The molecule has 0 unspecified atom stereocenters. The molecule has 1 aromatic rings. The Morgan fingerprint density at radius 1 is 1.42 bits per heavy atom. The average molecular weight is 285 g/mol. The number of carbonyl (C=O) groups is 2. The molecule has 0 saturated heterocycles. The number of amides is 1. The molecule has 6 heteroatoms. The second-order valence-electron chi connectivity index (χ2n) is 4.21. The summed E-state index contributed by atoms with van der Waals surface area (Å²) >= 11 is 1.39. The van der Waals surface area contributed by atoms with E-state index < -0.39 is 24.5 Å². The molecule has 106 valence electrons. The van der Waals surface area contributed by atoms with Gasteiger partial charge in [0.05, 0.1) is 11.5 Å². The Bertz CT molecular complexity index is 455. The maximum atomic E-state index is 11.9. The van der Waals surface area contributed by atoms with Crippen molar-refractivity contribution in [3.63, 3.8) is 0 Å². The average Bonchev–Trinajstić information content (AvgIpc) is 2.79. The number of carbonyl (C=O) groups excluding carboxylic acids is 1. The van der Waals surface area contributed by atoms with Crippen molar-refractivity contribution < 1.29 is 19.8 Å². The van der Waals surface area contributed by atoms with Gasteiger partial charge in [-0.25, -0.2) is 4.79 Å². The van der Waals surface area contributed by atoms with Crippen LogP contribution in [0.3, 0.4) is 0 Å². The summed E-state index contributed by atoms with van der Waals surface area (Å²) in [4.78, 5) is 24.4. The third-order valence-electron chi connectivity index (χ3n) is 2.76. The molecule has 1 amide bonds. The zero-order chi connectivity index (χ0) is 14.4. The molecule has 0 spiro atoms. The molecule has 0 aliphatic heterocycles. The molecule has 1 atom stereocenters. The Balaban J connectivity index is 2.84. The van der Waals surface area contributed by atoms with Crippen LogP contribution in [-0.2, 0) is 17.6 Å². The van der Waals surface area contributed by atoms with Crippen LogP contribution in [0.15, 0.2) is 6.07 Å². The molecule has 0 radical (unpaired) electrons. The molecule has 0 fully saturated rings. The van der Waals surface area contributed by atoms with E-state index in [9.17, 15) is 9.59 Å². The van der Waals surface area contributed by atoms with Crippen molar-refractivity contribution in [3.05, 3.63) is 21.4 Å². The zero-order valence-corrected chi connectivity index (χ0v) is 11.9. The molecule has 0 bridgehead atoms. The normalized spacial score (nSPS) is 12.2. The third-order valence-corrected chi connectivity index (χ3v) is 4.00. The molecule has 1 aromatic heterocycles. The van der Waals surface area contributed by atoms with Crippen LogP contribution >= 0.6 is 11.3 Å². The van der Waals surface area contributed by atoms with E-state index >= 15 is 0 Å². The van der Waals surface area contributed by atoms with E-state index in [4.69, 9.17) is 10.2 Å². The van der Waals surface area contributed by atoms with Gasteiger partial charge in [0.25, 0.3) is 5.91 Å². The van der Waals surface area contributed by atoms with Gasteiger partial charge in [0.1, 0.15) is 0 Å². The summed E-state index contributed by atoms with van der Waals surface area (Å²) in [6.45, 7) is 3.48. The smallest absolute Gasteiger partial charge is 0.328 e. The number of aryl methyl sites for hydroxylation is 2. The van der Waals surface area contributed by atoms with E-state index in [2.05, 4.69) is 12.2 Å². The van der Waals surface area contributed by atoms with Crippen LogP contribution in [0.4, 0.5) is 0 Å². The van der Waals surface area contributed by atoms with Crippen molar-refractivity contribution in [1.82, 2.24) is 5.32 Å². The van der Waals surface area contributed by atoms with Crippen molar-refractivity contribution in [2.24, 2.45) is 0 Å². The van der Waals surface area contributed by atoms with Gasteiger partial charge in [-0.05, 0) is 24.5 Å². The number of nitrogens with one attached hydrogen (secondary N) is 1. The number of aliphatic hydroxyl groups is 1. The fraction of sp³-hybridized carbons (Fsp3) is 0.538. The molecule has 5 nitrogen and oxygen atoms in total. The lowest BCUT2D eigenvalue weighted by molar-refractivity contribution is -0.140. The SMILES string of the molecule is CCCc1sc(C(=O)N[C@H](CO)C(=O)O)cc1CC. The van der Waals surface area contributed by atoms with Gasteiger partial charge < -0.3 is 15.5 Å². The second-order valence-corrected chi connectivity index (χ2v) is 5.35. The first-order chi connectivity index (χ1) is 9.03. The Morgan fingerprint density at radius 3 is 2.58 bits per heavy atom. The van der Waals surface area contributed by atoms with E-state index in [-0.39, 0.29) is 0 Å². The van der Waals surface area contributed by atoms with E-state index in [0.29, 0.717) is 4.88 Å². The molecule has 3 N–H and O–H groups in total. The van der Waals surface area contributed by atoms with Gasteiger partial charge in [-0.2, -0.15) is 0 Å². The summed E-state index contributed by atoms with van der Waals surface area (Å²) < 4.78 is 0. The number of carboxylic acids is 1. The van der Waals surface area contributed by atoms with Crippen LogP contribution < -0.4 is 5.32 Å². The predicted molar refractivity (Wildman–Crippen MR) is 73.7 cm³/mol. The molecular weight excluding hydrogens is 266 g/mol. The molecule has 0 aliphatic carbocycles.